The van der Waals surface area contributed by atoms with Crippen LogP contribution in [0, 0.1) is 11.3 Å². The first-order valence-electron chi connectivity index (χ1n) is 8.69. The van der Waals surface area contributed by atoms with Crippen molar-refractivity contribution >= 4 is 27.3 Å². The quantitative estimate of drug-likeness (QED) is 0.694. The lowest BCUT2D eigenvalue weighted by Gasteiger charge is -2.29. The van der Waals surface area contributed by atoms with Crippen LogP contribution in [0.2, 0.25) is 0 Å². The number of carbonyl (C=O) groups is 1. The van der Waals surface area contributed by atoms with E-state index in [0.29, 0.717) is 29.6 Å². The summed E-state index contributed by atoms with van der Waals surface area (Å²) < 4.78 is 28.3. The second-order valence-corrected chi connectivity index (χ2v) is 10.8. The van der Waals surface area contributed by atoms with E-state index in [1.165, 1.54) is 11.3 Å². The van der Waals surface area contributed by atoms with E-state index in [9.17, 15) is 13.2 Å². The summed E-state index contributed by atoms with van der Waals surface area (Å²) in [5, 5.41) is 6.12. The van der Waals surface area contributed by atoms with Crippen LogP contribution in [0.3, 0.4) is 0 Å². The van der Waals surface area contributed by atoms with Gasteiger partial charge in [0.2, 0.25) is 15.9 Å². The molecule has 2 heterocycles. The van der Waals surface area contributed by atoms with Crippen LogP contribution >= 0.6 is 11.3 Å². The van der Waals surface area contributed by atoms with Gasteiger partial charge in [-0.3, -0.25) is 4.79 Å². The highest BCUT2D eigenvalue weighted by Crippen LogP contribution is 2.23. The van der Waals surface area contributed by atoms with Crippen LogP contribution in [0.1, 0.15) is 39.0 Å². The third-order valence-corrected chi connectivity index (χ3v) is 7.50. The molecular weight excluding hydrogens is 358 g/mol. The molecule has 142 valence electrons. The van der Waals surface area contributed by atoms with Crippen molar-refractivity contribution in [3.05, 3.63) is 17.0 Å². The van der Waals surface area contributed by atoms with Crippen molar-refractivity contribution in [1.29, 1.82) is 0 Å². The maximum absolute atomic E-state index is 12.6. The first-order valence-corrected chi connectivity index (χ1v) is 11.0. The minimum atomic E-state index is -3.50. The molecule has 2 rings (SSSR count). The Bertz CT molecular complexity index is 692. The largest absolute Gasteiger partial charge is 0.355 e. The molecule has 8 heteroatoms. The molecule has 1 amide bonds. The Labute approximate surface area is 154 Å². The highest BCUT2D eigenvalue weighted by atomic mass is 32.2. The summed E-state index contributed by atoms with van der Waals surface area (Å²) in [4.78, 5) is 12.8. The van der Waals surface area contributed by atoms with Crippen LogP contribution in [0.15, 0.2) is 16.3 Å². The van der Waals surface area contributed by atoms with Gasteiger partial charge >= 0.3 is 0 Å². The van der Waals surface area contributed by atoms with Gasteiger partial charge < -0.3 is 10.6 Å². The number of piperidine rings is 1. The van der Waals surface area contributed by atoms with Gasteiger partial charge in [0.25, 0.3) is 0 Å². The van der Waals surface area contributed by atoms with Crippen molar-refractivity contribution in [3.8, 4) is 0 Å². The van der Waals surface area contributed by atoms with Crippen molar-refractivity contribution in [2.45, 2.75) is 50.8 Å². The second-order valence-electron chi connectivity index (χ2n) is 7.67. The fourth-order valence-electron chi connectivity index (χ4n) is 2.61. The van der Waals surface area contributed by atoms with Crippen LogP contribution in [-0.2, 0) is 21.2 Å². The number of amides is 1. The minimum absolute atomic E-state index is 0.00245. The normalized spacial score (nSPS) is 21.9. The van der Waals surface area contributed by atoms with Crippen LogP contribution in [0.5, 0.6) is 0 Å². The minimum Gasteiger partial charge on any atom is -0.355 e. The zero-order chi connectivity index (χ0) is 18.7. The van der Waals surface area contributed by atoms with E-state index in [0.717, 1.165) is 17.8 Å². The number of sulfonamides is 1. The Morgan fingerprint density at radius 2 is 2.08 bits per heavy atom. The monoisotopic (exact) mass is 387 g/mol. The molecule has 1 aromatic heterocycles. The summed E-state index contributed by atoms with van der Waals surface area (Å²) in [6.45, 7) is 9.78. The zero-order valence-corrected chi connectivity index (χ0v) is 17.0. The molecule has 1 aliphatic heterocycles. The molecule has 2 atom stereocenters. The third-order valence-electron chi connectivity index (χ3n) is 4.37. The van der Waals surface area contributed by atoms with Gasteiger partial charge in [-0.15, -0.1) is 11.3 Å². The smallest absolute Gasteiger partial charge is 0.250 e. The summed E-state index contributed by atoms with van der Waals surface area (Å²) in [7, 11) is -3.50. The number of rotatable bonds is 6. The number of nitrogens with one attached hydrogen (secondary N) is 3. The van der Waals surface area contributed by atoms with E-state index in [-0.39, 0.29) is 11.9 Å². The number of hydrogen-bond donors (Lipinski definition) is 3. The van der Waals surface area contributed by atoms with Crippen LogP contribution in [0.4, 0.5) is 0 Å². The summed E-state index contributed by atoms with van der Waals surface area (Å²) in [6, 6.07) is 3.40. The van der Waals surface area contributed by atoms with Gasteiger partial charge in [0, 0.05) is 29.4 Å². The molecular formula is C17H29N3O3S2. The highest BCUT2D eigenvalue weighted by molar-refractivity contribution is 7.91. The molecule has 0 bridgehead atoms. The van der Waals surface area contributed by atoms with Gasteiger partial charge in [-0.1, -0.05) is 27.7 Å². The van der Waals surface area contributed by atoms with Crippen molar-refractivity contribution < 1.29 is 13.2 Å². The highest BCUT2D eigenvalue weighted by Gasteiger charge is 2.27. The molecule has 0 spiro atoms. The number of hydrogen-bond acceptors (Lipinski definition) is 5. The van der Waals surface area contributed by atoms with Gasteiger partial charge in [-0.2, -0.15) is 0 Å². The predicted molar refractivity (Wildman–Crippen MR) is 101 cm³/mol. The van der Waals surface area contributed by atoms with Crippen molar-refractivity contribution in [1.82, 2.24) is 15.4 Å². The summed E-state index contributed by atoms with van der Waals surface area (Å²) in [6.07, 6.45) is 1.60. The fourth-order valence-corrected chi connectivity index (χ4v) is 5.32. The lowest BCUT2D eigenvalue weighted by molar-refractivity contribution is -0.128. The summed E-state index contributed by atoms with van der Waals surface area (Å²) >= 11 is 1.27. The number of carbonyl (C=O) groups excluding carboxylic acids is 1. The van der Waals surface area contributed by atoms with Crippen LogP contribution in [-0.4, -0.2) is 40.0 Å². The van der Waals surface area contributed by atoms with E-state index in [1.54, 1.807) is 6.07 Å². The lowest BCUT2D eigenvalue weighted by Crippen LogP contribution is -2.49. The molecule has 0 radical (unpaired) electrons. The summed E-state index contributed by atoms with van der Waals surface area (Å²) in [5.41, 5.74) is -0.418. The van der Waals surface area contributed by atoms with E-state index in [4.69, 9.17) is 0 Å². The Hall–Kier alpha value is -0.960. The standard InChI is InChI=1S/C17H29N3O3S2/c1-12-7-9-18-11-14(12)20-25(22,23)15-6-5-13(24-15)8-10-19-16(21)17(2,3)4/h5-6,12,14,18,20H,7-11H2,1-4H3,(H,19,21). The Balaban J connectivity index is 1.92. The molecule has 0 aromatic carbocycles. The first-order chi connectivity index (χ1) is 11.6. The molecule has 6 nitrogen and oxygen atoms in total. The Kier molecular flexibility index (Phi) is 6.64. The van der Waals surface area contributed by atoms with Crippen molar-refractivity contribution in [2.75, 3.05) is 19.6 Å². The molecule has 1 aromatic rings. The van der Waals surface area contributed by atoms with Crippen molar-refractivity contribution in [2.24, 2.45) is 11.3 Å². The Morgan fingerprint density at radius 1 is 1.36 bits per heavy atom. The average Bonchev–Trinajstić information content (AvgIpc) is 2.98. The zero-order valence-electron chi connectivity index (χ0n) is 15.4. The molecule has 1 aliphatic rings. The average molecular weight is 388 g/mol. The molecule has 1 fully saturated rings. The van der Waals surface area contributed by atoms with E-state index in [2.05, 4.69) is 22.3 Å². The maximum atomic E-state index is 12.6. The molecule has 3 N–H and O–H groups in total. The van der Waals surface area contributed by atoms with Gasteiger partial charge in [0.1, 0.15) is 4.21 Å². The van der Waals surface area contributed by atoms with Crippen LogP contribution in [0.25, 0.3) is 0 Å². The van der Waals surface area contributed by atoms with E-state index in [1.807, 2.05) is 26.8 Å². The lowest BCUT2D eigenvalue weighted by atomic mass is 9.96. The predicted octanol–water partition coefficient (Wildman–Crippen LogP) is 1.73. The molecule has 25 heavy (non-hydrogen) atoms. The maximum Gasteiger partial charge on any atom is 0.250 e. The fraction of sp³-hybridized carbons (Fsp3) is 0.706. The van der Waals surface area contributed by atoms with Gasteiger partial charge in [0.15, 0.2) is 0 Å². The molecule has 0 saturated carbocycles. The second kappa shape index (κ2) is 8.16. The molecule has 2 unspecified atom stereocenters. The van der Waals surface area contributed by atoms with Gasteiger partial charge in [-0.25, -0.2) is 13.1 Å². The molecule has 1 saturated heterocycles. The number of thiophene rings is 1. The SMILES string of the molecule is CC1CCNCC1NS(=O)(=O)c1ccc(CCNC(=O)C(C)(C)C)s1. The van der Waals surface area contributed by atoms with Gasteiger partial charge in [0.05, 0.1) is 0 Å². The third kappa shape index (κ3) is 5.77. The first kappa shape index (κ1) is 20.4. The Morgan fingerprint density at radius 3 is 2.72 bits per heavy atom. The van der Waals surface area contributed by atoms with E-state index >= 15 is 0 Å². The molecule has 0 aliphatic carbocycles. The van der Waals surface area contributed by atoms with Crippen molar-refractivity contribution in [3.63, 3.8) is 0 Å². The topological polar surface area (TPSA) is 87.3 Å². The van der Waals surface area contributed by atoms with E-state index < -0.39 is 15.4 Å². The summed E-state index contributed by atoms with van der Waals surface area (Å²) in [5.74, 6) is 0.320. The van der Waals surface area contributed by atoms with Gasteiger partial charge in [-0.05, 0) is 37.4 Å². The van der Waals surface area contributed by atoms with Crippen LogP contribution < -0.4 is 15.4 Å².